The number of nitrogens with zero attached hydrogens (tertiary/aromatic N) is 1. The summed E-state index contributed by atoms with van der Waals surface area (Å²) in [7, 11) is -3.62. The fourth-order valence-corrected chi connectivity index (χ4v) is 4.32. The summed E-state index contributed by atoms with van der Waals surface area (Å²) in [5, 5.41) is 2.78. The molecule has 1 aliphatic rings. The van der Waals surface area contributed by atoms with Gasteiger partial charge in [-0.05, 0) is 43.5 Å². The summed E-state index contributed by atoms with van der Waals surface area (Å²) in [6, 6.07) is 5.90. The lowest BCUT2D eigenvalue weighted by atomic mass is 10.2. The van der Waals surface area contributed by atoms with Gasteiger partial charge in [0.2, 0.25) is 15.9 Å². The standard InChI is InChI=1S/C14H19BrN2O3S/c1-2-9-16-14(18)13-4-3-10-17(13)21(19,20)12-7-5-11(15)6-8-12/h5-8,13H,2-4,9-10H2,1H3,(H,16,18). The van der Waals surface area contributed by atoms with Crippen molar-refractivity contribution in [3.8, 4) is 0 Å². The molecular weight excluding hydrogens is 356 g/mol. The van der Waals surface area contributed by atoms with Crippen molar-refractivity contribution in [3.05, 3.63) is 28.7 Å². The first-order valence-corrected chi connectivity index (χ1v) is 9.25. The Morgan fingerprint density at radius 1 is 1.38 bits per heavy atom. The second-order valence-electron chi connectivity index (χ2n) is 5.02. The number of amides is 1. The molecule has 1 aromatic carbocycles. The minimum absolute atomic E-state index is 0.199. The first kappa shape index (κ1) is 16.5. The van der Waals surface area contributed by atoms with Crippen LogP contribution in [0.3, 0.4) is 0 Å². The Hall–Kier alpha value is -0.920. The number of sulfonamides is 1. The number of rotatable bonds is 5. The van der Waals surface area contributed by atoms with Crippen molar-refractivity contribution in [2.24, 2.45) is 0 Å². The third kappa shape index (κ3) is 3.64. The van der Waals surface area contributed by atoms with Gasteiger partial charge in [0.1, 0.15) is 6.04 Å². The summed E-state index contributed by atoms with van der Waals surface area (Å²) < 4.78 is 27.5. The van der Waals surface area contributed by atoms with E-state index in [4.69, 9.17) is 0 Å². The van der Waals surface area contributed by atoms with Crippen molar-refractivity contribution in [2.45, 2.75) is 37.1 Å². The van der Waals surface area contributed by atoms with Gasteiger partial charge in [-0.3, -0.25) is 4.79 Å². The minimum Gasteiger partial charge on any atom is -0.355 e. The number of nitrogens with one attached hydrogen (secondary N) is 1. The van der Waals surface area contributed by atoms with Gasteiger partial charge in [-0.25, -0.2) is 8.42 Å². The molecule has 1 aromatic rings. The van der Waals surface area contributed by atoms with Gasteiger partial charge in [-0.15, -0.1) is 0 Å². The molecule has 7 heteroatoms. The Balaban J connectivity index is 2.22. The summed E-state index contributed by atoms with van der Waals surface area (Å²) in [5.74, 6) is -0.199. The van der Waals surface area contributed by atoms with E-state index < -0.39 is 16.1 Å². The highest BCUT2D eigenvalue weighted by Crippen LogP contribution is 2.27. The van der Waals surface area contributed by atoms with Crippen LogP contribution in [-0.2, 0) is 14.8 Å². The third-order valence-corrected chi connectivity index (χ3v) is 5.93. The Morgan fingerprint density at radius 2 is 2.05 bits per heavy atom. The van der Waals surface area contributed by atoms with Crippen molar-refractivity contribution in [1.29, 1.82) is 0 Å². The van der Waals surface area contributed by atoms with E-state index in [1.807, 2.05) is 6.92 Å². The zero-order valence-corrected chi connectivity index (χ0v) is 14.3. The maximum atomic E-state index is 12.7. The third-order valence-electron chi connectivity index (χ3n) is 3.48. The molecule has 0 radical (unpaired) electrons. The SMILES string of the molecule is CCCNC(=O)C1CCCN1S(=O)(=O)c1ccc(Br)cc1. The van der Waals surface area contributed by atoms with E-state index in [9.17, 15) is 13.2 Å². The Morgan fingerprint density at radius 3 is 2.67 bits per heavy atom. The fraction of sp³-hybridized carbons (Fsp3) is 0.500. The fourth-order valence-electron chi connectivity index (χ4n) is 2.40. The van der Waals surface area contributed by atoms with Crippen LogP contribution in [0, 0.1) is 0 Å². The van der Waals surface area contributed by atoms with Crippen LogP contribution in [0.4, 0.5) is 0 Å². The van der Waals surface area contributed by atoms with Crippen LogP contribution in [0.5, 0.6) is 0 Å². The van der Waals surface area contributed by atoms with E-state index in [0.29, 0.717) is 25.9 Å². The molecule has 1 atom stereocenters. The highest BCUT2D eigenvalue weighted by atomic mass is 79.9. The Labute approximate surface area is 133 Å². The maximum Gasteiger partial charge on any atom is 0.243 e. The quantitative estimate of drug-likeness (QED) is 0.858. The van der Waals surface area contributed by atoms with Crippen molar-refractivity contribution in [1.82, 2.24) is 9.62 Å². The van der Waals surface area contributed by atoms with Crippen LogP contribution in [0.2, 0.25) is 0 Å². The van der Waals surface area contributed by atoms with Crippen molar-refractivity contribution in [2.75, 3.05) is 13.1 Å². The molecule has 1 amide bonds. The van der Waals surface area contributed by atoms with Gasteiger partial charge in [0.05, 0.1) is 4.90 Å². The predicted octanol–water partition coefficient (Wildman–Crippen LogP) is 2.13. The number of carbonyl (C=O) groups is 1. The molecule has 21 heavy (non-hydrogen) atoms. The lowest BCUT2D eigenvalue weighted by Gasteiger charge is -2.23. The molecule has 1 aliphatic heterocycles. The van der Waals surface area contributed by atoms with Crippen molar-refractivity contribution in [3.63, 3.8) is 0 Å². The largest absolute Gasteiger partial charge is 0.355 e. The molecule has 1 unspecified atom stereocenters. The smallest absolute Gasteiger partial charge is 0.243 e. The van der Waals surface area contributed by atoms with Crippen LogP contribution in [-0.4, -0.2) is 37.8 Å². The van der Waals surface area contributed by atoms with E-state index in [1.165, 1.54) is 4.31 Å². The van der Waals surface area contributed by atoms with E-state index in [2.05, 4.69) is 21.2 Å². The second kappa shape index (κ2) is 6.89. The van der Waals surface area contributed by atoms with Crippen molar-refractivity contribution >= 4 is 31.9 Å². The first-order chi connectivity index (χ1) is 9.96. The molecule has 0 aliphatic carbocycles. The summed E-state index contributed by atoms with van der Waals surface area (Å²) in [6.45, 7) is 2.93. The van der Waals surface area contributed by atoms with Crippen LogP contribution in [0.1, 0.15) is 26.2 Å². The Kier molecular flexibility index (Phi) is 5.40. The molecule has 0 saturated carbocycles. The van der Waals surface area contributed by atoms with Crippen molar-refractivity contribution < 1.29 is 13.2 Å². The number of halogens is 1. The maximum absolute atomic E-state index is 12.7. The monoisotopic (exact) mass is 374 g/mol. The molecular formula is C14H19BrN2O3S. The summed E-state index contributed by atoms with van der Waals surface area (Å²) in [6.07, 6.45) is 2.11. The topological polar surface area (TPSA) is 66.5 Å². The lowest BCUT2D eigenvalue weighted by Crippen LogP contribution is -2.46. The van der Waals surface area contributed by atoms with E-state index in [0.717, 1.165) is 10.9 Å². The molecule has 0 bridgehead atoms. The summed E-state index contributed by atoms with van der Waals surface area (Å²) >= 11 is 3.29. The van der Waals surface area contributed by atoms with Gasteiger partial charge in [-0.2, -0.15) is 4.31 Å². The second-order valence-corrected chi connectivity index (χ2v) is 7.82. The summed E-state index contributed by atoms with van der Waals surface area (Å²) in [5.41, 5.74) is 0. The zero-order chi connectivity index (χ0) is 15.5. The highest BCUT2D eigenvalue weighted by molar-refractivity contribution is 9.10. The molecule has 1 heterocycles. The molecule has 116 valence electrons. The Bertz CT molecular complexity index is 601. The minimum atomic E-state index is -3.62. The molecule has 1 saturated heterocycles. The number of hydrogen-bond acceptors (Lipinski definition) is 3. The van der Waals surface area contributed by atoms with Gasteiger partial charge in [0.15, 0.2) is 0 Å². The van der Waals surface area contributed by atoms with Gasteiger partial charge in [0, 0.05) is 17.6 Å². The van der Waals surface area contributed by atoms with E-state index >= 15 is 0 Å². The zero-order valence-electron chi connectivity index (χ0n) is 11.9. The molecule has 2 rings (SSSR count). The summed E-state index contributed by atoms with van der Waals surface area (Å²) in [4.78, 5) is 12.3. The average molecular weight is 375 g/mol. The van der Waals surface area contributed by atoms with Gasteiger partial charge in [-0.1, -0.05) is 22.9 Å². The van der Waals surface area contributed by atoms with Gasteiger partial charge < -0.3 is 5.32 Å². The first-order valence-electron chi connectivity index (χ1n) is 7.02. The number of hydrogen-bond donors (Lipinski definition) is 1. The van der Waals surface area contributed by atoms with E-state index in [-0.39, 0.29) is 10.8 Å². The van der Waals surface area contributed by atoms with Crippen LogP contribution >= 0.6 is 15.9 Å². The average Bonchev–Trinajstić information content (AvgIpc) is 2.95. The highest BCUT2D eigenvalue weighted by Gasteiger charge is 2.39. The molecule has 5 nitrogen and oxygen atoms in total. The molecule has 1 N–H and O–H groups in total. The lowest BCUT2D eigenvalue weighted by molar-refractivity contribution is -0.124. The molecule has 0 aromatic heterocycles. The van der Waals surface area contributed by atoms with Gasteiger partial charge >= 0.3 is 0 Å². The number of carbonyl (C=O) groups excluding carboxylic acids is 1. The van der Waals surface area contributed by atoms with E-state index in [1.54, 1.807) is 24.3 Å². The normalized spacial score (nSPS) is 19.6. The van der Waals surface area contributed by atoms with Gasteiger partial charge in [0.25, 0.3) is 0 Å². The van der Waals surface area contributed by atoms with Crippen LogP contribution < -0.4 is 5.32 Å². The predicted molar refractivity (Wildman–Crippen MR) is 84.4 cm³/mol. The molecule has 1 fully saturated rings. The van der Waals surface area contributed by atoms with Crippen LogP contribution in [0.25, 0.3) is 0 Å². The number of benzene rings is 1. The molecule has 0 spiro atoms. The van der Waals surface area contributed by atoms with Crippen LogP contribution in [0.15, 0.2) is 33.6 Å².